The van der Waals surface area contributed by atoms with E-state index in [9.17, 15) is 14.0 Å². The van der Waals surface area contributed by atoms with Crippen molar-refractivity contribution in [2.45, 2.75) is 38.1 Å². The molecule has 1 aliphatic carbocycles. The molecular formula is C16H20FN3O3S. The Hall–Kier alpha value is -1.96. The maximum Gasteiger partial charge on any atom is 0.251 e. The number of hydrogen-bond donors (Lipinski definition) is 1. The summed E-state index contributed by atoms with van der Waals surface area (Å²) < 4.78 is 18.2. The predicted octanol–water partition coefficient (Wildman–Crippen LogP) is 2.54. The number of thiazole rings is 1. The second kappa shape index (κ2) is 7.29. The van der Waals surface area contributed by atoms with Crippen molar-refractivity contribution in [3.05, 3.63) is 23.2 Å². The van der Waals surface area contributed by atoms with Crippen LogP contribution in [0.15, 0.2) is 18.0 Å². The van der Waals surface area contributed by atoms with E-state index in [0.29, 0.717) is 18.1 Å². The SMILES string of the molecule is COC1=CC(=O)N(C(CC2CCCC2)C(=O)Nc2ncc(F)s2)C1. The van der Waals surface area contributed by atoms with Gasteiger partial charge in [0, 0.05) is 6.08 Å². The molecule has 0 saturated heterocycles. The van der Waals surface area contributed by atoms with Crippen molar-refractivity contribution in [2.75, 3.05) is 19.0 Å². The van der Waals surface area contributed by atoms with Gasteiger partial charge in [-0.25, -0.2) is 4.98 Å². The highest BCUT2D eigenvalue weighted by molar-refractivity contribution is 7.14. The highest BCUT2D eigenvalue weighted by atomic mass is 32.1. The van der Waals surface area contributed by atoms with Crippen LogP contribution < -0.4 is 5.32 Å². The van der Waals surface area contributed by atoms with Gasteiger partial charge in [-0.3, -0.25) is 9.59 Å². The maximum atomic E-state index is 13.1. The molecule has 0 spiro atoms. The third-order valence-electron chi connectivity index (χ3n) is 4.57. The summed E-state index contributed by atoms with van der Waals surface area (Å²) in [5.74, 6) is 0.420. The van der Waals surface area contributed by atoms with Gasteiger partial charge in [-0.05, 0) is 12.3 Å². The van der Waals surface area contributed by atoms with E-state index in [1.165, 1.54) is 18.1 Å². The minimum absolute atomic E-state index is 0.209. The zero-order valence-electron chi connectivity index (χ0n) is 13.5. The van der Waals surface area contributed by atoms with Gasteiger partial charge in [0.05, 0.1) is 19.9 Å². The lowest BCUT2D eigenvalue weighted by Crippen LogP contribution is -2.46. The lowest BCUT2D eigenvalue weighted by Gasteiger charge is -2.28. The Kier molecular flexibility index (Phi) is 5.13. The molecule has 1 N–H and O–H groups in total. The van der Waals surface area contributed by atoms with Crippen molar-refractivity contribution >= 4 is 28.3 Å². The molecule has 2 amide bonds. The maximum absolute atomic E-state index is 13.1. The summed E-state index contributed by atoms with van der Waals surface area (Å²) in [6.45, 7) is 0.284. The van der Waals surface area contributed by atoms with Crippen molar-refractivity contribution in [3.8, 4) is 0 Å². The van der Waals surface area contributed by atoms with Gasteiger partial charge in [-0.15, -0.1) is 0 Å². The molecule has 0 aromatic carbocycles. The van der Waals surface area contributed by atoms with Crippen LogP contribution in [0.5, 0.6) is 0 Å². The number of methoxy groups -OCH3 is 1. The molecule has 0 radical (unpaired) electrons. The van der Waals surface area contributed by atoms with Crippen molar-refractivity contribution in [3.63, 3.8) is 0 Å². The summed E-state index contributed by atoms with van der Waals surface area (Å²) in [7, 11) is 1.51. The van der Waals surface area contributed by atoms with E-state index in [4.69, 9.17) is 4.74 Å². The van der Waals surface area contributed by atoms with E-state index in [-0.39, 0.29) is 23.5 Å². The molecule has 2 aliphatic rings. The van der Waals surface area contributed by atoms with E-state index >= 15 is 0 Å². The van der Waals surface area contributed by atoms with E-state index in [2.05, 4.69) is 10.3 Å². The lowest BCUT2D eigenvalue weighted by atomic mass is 9.97. The predicted molar refractivity (Wildman–Crippen MR) is 87.9 cm³/mol. The number of ether oxygens (including phenoxy) is 1. The van der Waals surface area contributed by atoms with Crippen molar-refractivity contribution in [1.82, 2.24) is 9.88 Å². The number of halogens is 1. The van der Waals surface area contributed by atoms with E-state index in [1.54, 1.807) is 0 Å². The van der Waals surface area contributed by atoms with Crippen molar-refractivity contribution < 1.29 is 18.7 Å². The third-order valence-corrected chi connectivity index (χ3v) is 5.27. The first-order valence-corrected chi connectivity index (χ1v) is 8.86. The van der Waals surface area contributed by atoms with E-state index in [0.717, 1.165) is 43.2 Å². The number of nitrogens with one attached hydrogen (secondary N) is 1. The average Bonchev–Trinajstić information content (AvgIpc) is 3.27. The molecule has 8 heteroatoms. The second-order valence-electron chi connectivity index (χ2n) is 6.14. The molecule has 1 fully saturated rings. The molecule has 1 aromatic heterocycles. The molecular weight excluding hydrogens is 333 g/mol. The van der Waals surface area contributed by atoms with Crippen LogP contribution in [0.25, 0.3) is 0 Å². The van der Waals surface area contributed by atoms with Gasteiger partial charge in [0.15, 0.2) is 10.3 Å². The summed E-state index contributed by atoms with van der Waals surface area (Å²) in [4.78, 5) is 30.3. The van der Waals surface area contributed by atoms with Gasteiger partial charge in [-0.2, -0.15) is 4.39 Å². The Morgan fingerprint density at radius 2 is 2.29 bits per heavy atom. The number of amides is 2. The van der Waals surface area contributed by atoms with Gasteiger partial charge in [0.25, 0.3) is 5.91 Å². The largest absolute Gasteiger partial charge is 0.499 e. The first-order valence-electron chi connectivity index (χ1n) is 8.04. The topological polar surface area (TPSA) is 71.5 Å². The summed E-state index contributed by atoms with van der Waals surface area (Å²) in [5, 5.41) is 2.39. The molecule has 1 saturated carbocycles. The molecule has 2 heterocycles. The Morgan fingerprint density at radius 3 is 2.88 bits per heavy atom. The summed E-state index contributed by atoms with van der Waals surface area (Å²) in [6, 6.07) is -0.600. The number of carbonyl (C=O) groups is 2. The lowest BCUT2D eigenvalue weighted by molar-refractivity contribution is -0.134. The second-order valence-corrected chi connectivity index (χ2v) is 7.12. The number of aromatic nitrogens is 1. The summed E-state index contributed by atoms with van der Waals surface area (Å²) >= 11 is 0.774. The van der Waals surface area contributed by atoms with Crippen LogP contribution >= 0.6 is 11.3 Å². The monoisotopic (exact) mass is 353 g/mol. The van der Waals surface area contributed by atoms with E-state index < -0.39 is 11.2 Å². The average molecular weight is 353 g/mol. The van der Waals surface area contributed by atoms with Crippen molar-refractivity contribution in [2.24, 2.45) is 5.92 Å². The van der Waals surface area contributed by atoms with Crippen LogP contribution in [0.4, 0.5) is 9.52 Å². The zero-order valence-corrected chi connectivity index (χ0v) is 14.3. The van der Waals surface area contributed by atoms with Gasteiger partial charge in [0.1, 0.15) is 11.8 Å². The van der Waals surface area contributed by atoms with E-state index in [1.807, 2.05) is 0 Å². The first-order chi connectivity index (χ1) is 11.6. The van der Waals surface area contributed by atoms with Gasteiger partial charge >= 0.3 is 0 Å². The van der Waals surface area contributed by atoms with Crippen LogP contribution in [0.2, 0.25) is 0 Å². The quantitative estimate of drug-likeness (QED) is 0.853. The van der Waals surface area contributed by atoms with Gasteiger partial charge in [0.2, 0.25) is 5.91 Å². The number of anilines is 1. The smallest absolute Gasteiger partial charge is 0.251 e. The molecule has 24 heavy (non-hydrogen) atoms. The van der Waals surface area contributed by atoms with Crippen LogP contribution in [0, 0.1) is 11.0 Å². The molecule has 130 valence electrons. The zero-order chi connectivity index (χ0) is 17.1. The number of hydrogen-bond acceptors (Lipinski definition) is 5. The third kappa shape index (κ3) is 3.75. The van der Waals surface area contributed by atoms with Gasteiger partial charge in [-0.1, -0.05) is 37.0 Å². The molecule has 6 nitrogen and oxygen atoms in total. The Morgan fingerprint density at radius 1 is 1.54 bits per heavy atom. The number of rotatable bonds is 6. The number of carbonyl (C=O) groups excluding carboxylic acids is 2. The van der Waals surface area contributed by atoms with Crippen LogP contribution in [-0.2, 0) is 14.3 Å². The number of nitrogens with zero attached hydrogens (tertiary/aromatic N) is 2. The molecule has 3 rings (SSSR count). The first kappa shape index (κ1) is 16.9. The fourth-order valence-corrected chi connectivity index (χ4v) is 3.89. The molecule has 1 atom stereocenters. The summed E-state index contributed by atoms with van der Waals surface area (Å²) in [5.41, 5.74) is 0. The fourth-order valence-electron chi connectivity index (χ4n) is 3.34. The Labute approximate surface area is 143 Å². The molecule has 1 unspecified atom stereocenters. The normalized spacial score (nSPS) is 19.5. The van der Waals surface area contributed by atoms with Crippen molar-refractivity contribution in [1.29, 1.82) is 0 Å². The molecule has 1 aliphatic heterocycles. The Balaban J connectivity index is 1.73. The molecule has 0 bridgehead atoms. The standard InChI is InChI=1S/C16H20FN3O3S/c1-23-11-7-14(21)20(9-11)12(6-10-4-2-3-5-10)15(22)19-16-18-8-13(17)24-16/h7-8,10,12H,2-6,9H2,1H3,(H,18,19,22). The van der Waals surface area contributed by atoms with Crippen LogP contribution in [-0.4, -0.2) is 41.4 Å². The van der Waals surface area contributed by atoms with Crippen LogP contribution in [0.1, 0.15) is 32.1 Å². The minimum Gasteiger partial charge on any atom is -0.499 e. The summed E-state index contributed by atoms with van der Waals surface area (Å²) in [6.07, 6.45) is 7.55. The molecule has 1 aromatic rings. The minimum atomic E-state index is -0.600. The van der Waals surface area contributed by atoms with Crippen LogP contribution in [0.3, 0.4) is 0 Å². The highest BCUT2D eigenvalue weighted by Crippen LogP contribution is 2.31. The highest BCUT2D eigenvalue weighted by Gasteiger charge is 2.36. The Bertz CT molecular complexity index is 655. The van der Waals surface area contributed by atoms with Gasteiger partial charge < -0.3 is 15.0 Å². The fraction of sp³-hybridized carbons (Fsp3) is 0.562.